The van der Waals surface area contributed by atoms with Crippen molar-refractivity contribution in [3.05, 3.63) is 58.5 Å². The number of carbonyl (C=O) groups excluding carboxylic acids is 2. The number of rotatable bonds is 7. The van der Waals surface area contributed by atoms with Gasteiger partial charge in [0.05, 0.1) is 13.1 Å². The summed E-state index contributed by atoms with van der Waals surface area (Å²) in [6.45, 7) is 4.76. The summed E-state index contributed by atoms with van der Waals surface area (Å²) < 4.78 is 5.94. The lowest BCUT2D eigenvalue weighted by atomic mass is 9.87. The van der Waals surface area contributed by atoms with Crippen LogP contribution in [0.1, 0.15) is 47.6 Å². The molecule has 2 aromatic rings. The van der Waals surface area contributed by atoms with E-state index < -0.39 is 0 Å². The molecular formula is C26H34ClN3O3. The number of furan rings is 1. The topological polar surface area (TPSA) is 57.0 Å². The van der Waals surface area contributed by atoms with Crippen LogP contribution in [0, 0.1) is 11.8 Å². The molecule has 33 heavy (non-hydrogen) atoms. The smallest absolute Gasteiger partial charge is 0.225 e. The van der Waals surface area contributed by atoms with Crippen molar-refractivity contribution in [2.24, 2.45) is 11.8 Å². The second kappa shape index (κ2) is 10.9. The number of amides is 1. The van der Waals surface area contributed by atoms with E-state index in [0.29, 0.717) is 23.7 Å². The van der Waals surface area contributed by atoms with Gasteiger partial charge in [-0.05, 0) is 89.3 Å². The van der Waals surface area contributed by atoms with Gasteiger partial charge in [0, 0.05) is 35.5 Å². The Bertz CT molecular complexity index is 940. The van der Waals surface area contributed by atoms with Gasteiger partial charge in [-0.25, -0.2) is 0 Å². The SMILES string of the molecule is CN(C)Cc1ccc(CN2CCC(C(=O)N3CCC(C(=O)c4ccc(Cl)cc4)CC3)CC2)o1. The van der Waals surface area contributed by atoms with Gasteiger partial charge in [-0.1, -0.05) is 11.6 Å². The maximum Gasteiger partial charge on any atom is 0.225 e. The van der Waals surface area contributed by atoms with Crippen LogP contribution in [0.3, 0.4) is 0 Å². The average Bonchev–Trinajstić information content (AvgIpc) is 3.25. The summed E-state index contributed by atoms with van der Waals surface area (Å²) in [6, 6.07) is 11.2. The van der Waals surface area contributed by atoms with Gasteiger partial charge in [0.25, 0.3) is 0 Å². The minimum atomic E-state index is -0.0113. The van der Waals surface area contributed by atoms with Crippen molar-refractivity contribution in [3.8, 4) is 0 Å². The maximum absolute atomic E-state index is 13.1. The lowest BCUT2D eigenvalue weighted by Crippen LogP contribution is -2.46. The number of nitrogens with zero attached hydrogens (tertiary/aromatic N) is 3. The molecule has 2 aliphatic heterocycles. The predicted molar refractivity (Wildman–Crippen MR) is 129 cm³/mol. The molecule has 4 rings (SSSR count). The standard InChI is InChI=1S/C26H34ClN3O3/c1-28(2)17-23-7-8-24(33-23)18-29-13-9-21(10-14-29)26(32)30-15-11-20(12-16-30)25(31)19-3-5-22(27)6-4-19/h3-8,20-21H,9-18H2,1-2H3. The van der Waals surface area contributed by atoms with Gasteiger partial charge in [0.1, 0.15) is 11.5 Å². The molecule has 7 heteroatoms. The first-order valence-electron chi connectivity index (χ1n) is 11.9. The fourth-order valence-corrected chi connectivity index (χ4v) is 5.06. The van der Waals surface area contributed by atoms with Crippen molar-refractivity contribution in [1.29, 1.82) is 0 Å². The van der Waals surface area contributed by atoms with E-state index in [9.17, 15) is 9.59 Å². The van der Waals surface area contributed by atoms with E-state index in [-0.39, 0.29) is 23.5 Å². The molecule has 0 atom stereocenters. The monoisotopic (exact) mass is 471 g/mol. The van der Waals surface area contributed by atoms with E-state index in [1.54, 1.807) is 24.3 Å². The fourth-order valence-electron chi connectivity index (χ4n) is 4.93. The number of benzene rings is 1. The van der Waals surface area contributed by atoms with Crippen molar-refractivity contribution in [3.63, 3.8) is 0 Å². The number of halogens is 1. The van der Waals surface area contributed by atoms with Crippen molar-refractivity contribution in [2.75, 3.05) is 40.3 Å². The van der Waals surface area contributed by atoms with Gasteiger partial charge in [0.2, 0.25) is 5.91 Å². The van der Waals surface area contributed by atoms with E-state index in [2.05, 4.69) is 15.9 Å². The van der Waals surface area contributed by atoms with Crippen molar-refractivity contribution in [2.45, 2.75) is 38.8 Å². The first-order chi connectivity index (χ1) is 15.9. The molecule has 178 valence electrons. The molecule has 3 heterocycles. The van der Waals surface area contributed by atoms with Crippen LogP contribution in [0.5, 0.6) is 0 Å². The molecule has 0 unspecified atom stereocenters. The average molecular weight is 472 g/mol. The van der Waals surface area contributed by atoms with Crippen LogP contribution in [0.4, 0.5) is 0 Å². The number of hydrogen-bond donors (Lipinski definition) is 0. The fraction of sp³-hybridized carbons (Fsp3) is 0.538. The Kier molecular flexibility index (Phi) is 7.89. The Morgan fingerprint density at radius 3 is 2.15 bits per heavy atom. The number of ketones is 1. The molecule has 0 saturated carbocycles. The van der Waals surface area contributed by atoms with Crippen LogP contribution in [0.15, 0.2) is 40.8 Å². The van der Waals surface area contributed by atoms with E-state index in [1.165, 1.54) is 0 Å². The highest BCUT2D eigenvalue weighted by Crippen LogP contribution is 2.27. The first kappa shape index (κ1) is 24.0. The van der Waals surface area contributed by atoms with Crippen LogP contribution >= 0.6 is 11.6 Å². The molecule has 0 N–H and O–H groups in total. The lowest BCUT2D eigenvalue weighted by Gasteiger charge is -2.37. The molecule has 0 aliphatic carbocycles. The summed E-state index contributed by atoms with van der Waals surface area (Å²) in [5.41, 5.74) is 0.710. The van der Waals surface area contributed by atoms with Crippen LogP contribution in [0.25, 0.3) is 0 Å². The van der Waals surface area contributed by atoms with Gasteiger partial charge < -0.3 is 14.2 Å². The summed E-state index contributed by atoms with van der Waals surface area (Å²) in [4.78, 5) is 32.3. The number of carbonyl (C=O) groups is 2. The normalized spacial score (nSPS) is 18.7. The second-order valence-electron chi connectivity index (χ2n) is 9.63. The van der Waals surface area contributed by atoms with Gasteiger partial charge >= 0.3 is 0 Å². The minimum Gasteiger partial charge on any atom is -0.463 e. The van der Waals surface area contributed by atoms with Crippen molar-refractivity contribution < 1.29 is 14.0 Å². The zero-order valence-electron chi connectivity index (χ0n) is 19.6. The predicted octanol–water partition coefficient (Wildman–Crippen LogP) is 4.33. The molecule has 1 aromatic carbocycles. The Morgan fingerprint density at radius 2 is 1.52 bits per heavy atom. The highest BCUT2D eigenvalue weighted by Gasteiger charge is 2.33. The summed E-state index contributed by atoms with van der Waals surface area (Å²) in [6.07, 6.45) is 3.24. The Morgan fingerprint density at radius 1 is 0.909 bits per heavy atom. The van der Waals surface area contributed by atoms with Crippen molar-refractivity contribution >= 4 is 23.3 Å². The molecule has 0 radical (unpaired) electrons. The molecule has 1 amide bonds. The van der Waals surface area contributed by atoms with E-state index in [0.717, 1.165) is 63.4 Å². The summed E-state index contributed by atoms with van der Waals surface area (Å²) in [7, 11) is 4.06. The van der Waals surface area contributed by atoms with Gasteiger partial charge in [0.15, 0.2) is 5.78 Å². The Balaban J connectivity index is 1.21. The maximum atomic E-state index is 13.1. The van der Waals surface area contributed by atoms with E-state index in [1.807, 2.05) is 25.1 Å². The van der Waals surface area contributed by atoms with Gasteiger partial charge in [-0.15, -0.1) is 0 Å². The molecule has 0 bridgehead atoms. The van der Waals surface area contributed by atoms with Crippen LogP contribution in [-0.2, 0) is 17.9 Å². The molecule has 6 nitrogen and oxygen atoms in total. The second-order valence-corrected chi connectivity index (χ2v) is 10.1. The van der Waals surface area contributed by atoms with Crippen LogP contribution < -0.4 is 0 Å². The Labute approximate surface area is 201 Å². The third-order valence-corrected chi connectivity index (χ3v) is 7.06. The summed E-state index contributed by atoms with van der Waals surface area (Å²) in [5, 5.41) is 0.635. The molecular weight excluding hydrogens is 438 g/mol. The highest BCUT2D eigenvalue weighted by atomic mass is 35.5. The minimum absolute atomic E-state index is 0.0113. The number of piperidine rings is 2. The molecule has 0 spiro atoms. The molecule has 2 fully saturated rings. The van der Waals surface area contributed by atoms with Gasteiger partial charge in [-0.3, -0.25) is 14.5 Å². The van der Waals surface area contributed by atoms with E-state index >= 15 is 0 Å². The highest BCUT2D eigenvalue weighted by molar-refractivity contribution is 6.30. The van der Waals surface area contributed by atoms with E-state index in [4.69, 9.17) is 16.0 Å². The Hall–Kier alpha value is -2.15. The zero-order chi connectivity index (χ0) is 23.4. The quantitative estimate of drug-likeness (QED) is 0.562. The van der Waals surface area contributed by atoms with Crippen LogP contribution in [0.2, 0.25) is 5.02 Å². The zero-order valence-corrected chi connectivity index (χ0v) is 20.4. The third-order valence-electron chi connectivity index (χ3n) is 6.81. The summed E-state index contributed by atoms with van der Waals surface area (Å²) >= 11 is 5.93. The van der Waals surface area contributed by atoms with Crippen LogP contribution in [-0.4, -0.2) is 66.7 Å². The summed E-state index contributed by atoms with van der Waals surface area (Å²) in [5.74, 6) is 2.48. The molecule has 1 aromatic heterocycles. The number of likely N-dealkylation sites (tertiary alicyclic amines) is 2. The largest absolute Gasteiger partial charge is 0.463 e. The molecule has 2 aliphatic rings. The first-order valence-corrected chi connectivity index (χ1v) is 12.3. The number of hydrogen-bond acceptors (Lipinski definition) is 5. The lowest BCUT2D eigenvalue weighted by molar-refractivity contribution is -0.138. The van der Waals surface area contributed by atoms with Crippen molar-refractivity contribution in [1.82, 2.24) is 14.7 Å². The molecule has 2 saturated heterocycles. The third kappa shape index (κ3) is 6.25. The number of Topliss-reactive ketones (excluding diaryl/α,β-unsaturated/α-hetero) is 1. The van der Waals surface area contributed by atoms with Gasteiger partial charge in [-0.2, -0.15) is 0 Å².